The van der Waals surface area contributed by atoms with E-state index in [-0.39, 0.29) is 11.6 Å². The van der Waals surface area contributed by atoms with Crippen LogP contribution in [0.2, 0.25) is 0 Å². The maximum absolute atomic E-state index is 11.9. The number of carbonyl (C=O) groups is 1. The summed E-state index contributed by atoms with van der Waals surface area (Å²) in [6.45, 7) is 1.96. The highest BCUT2D eigenvalue weighted by Crippen LogP contribution is 2.19. The largest absolute Gasteiger partial charge is 0.320 e. The van der Waals surface area contributed by atoms with Crippen molar-refractivity contribution in [2.75, 3.05) is 11.9 Å². The number of amides is 1. The molecule has 0 bridgehead atoms. The summed E-state index contributed by atoms with van der Waals surface area (Å²) in [7, 11) is 1.61. The van der Waals surface area contributed by atoms with E-state index in [9.17, 15) is 14.9 Å². The molecule has 0 aliphatic carbocycles. The number of carbonyl (C=O) groups excluding carboxylic acids is 1. The molecule has 2 N–H and O–H groups in total. The smallest absolute Gasteiger partial charge is 0.269 e. The van der Waals surface area contributed by atoms with Crippen LogP contribution in [0, 0.1) is 10.1 Å². The lowest BCUT2D eigenvalue weighted by Crippen LogP contribution is -2.41. The van der Waals surface area contributed by atoms with Crippen molar-refractivity contribution in [1.29, 1.82) is 0 Å². The zero-order chi connectivity index (χ0) is 13.7. The Morgan fingerprint density at radius 3 is 2.44 bits per heavy atom. The highest BCUT2D eigenvalue weighted by Gasteiger charge is 2.18. The van der Waals surface area contributed by atoms with Crippen LogP contribution in [0.5, 0.6) is 0 Å². The van der Waals surface area contributed by atoms with Gasteiger partial charge in [0.15, 0.2) is 0 Å². The fourth-order valence-corrected chi connectivity index (χ4v) is 1.61. The zero-order valence-corrected chi connectivity index (χ0v) is 10.5. The van der Waals surface area contributed by atoms with Crippen LogP contribution in [-0.4, -0.2) is 23.9 Å². The second kappa shape index (κ2) is 6.11. The third-order valence-corrected chi connectivity index (χ3v) is 2.70. The van der Waals surface area contributed by atoms with Gasteiger partial charge in [-0.25, -0.2) is 0 Å². The van der Waals surface area contributed by atoms with E-state index in [4.69, 9.17) is 5.73 Å². The lowest BCUT2D eigenvalue weighted by Gasteiger charge is -2.21. The Balaban J connectivity index is 2.80. The Morgan fingerprint density at radius 2 is 2.00 bits per heavy atom. The van der Waals surface area contributed by atoms with E-state index in [1.165, 1.54) is 29.2 Å². The first-order valence-electron chi connectivity index (χ1n) is 5.75. The van der Waals surface area contributed by atoms with Gasteiger partial charge in [-0.3, -0.25) is 14.9 Å². The van der Waals surface area contributed by atoms with Gasteiger partial charge in [-0.2, -0.15) is 0 Å². The molecule has 0 aliphatic rings. The summed E-state index contributed by atoms with van der Waals surface area (Å²) < 4.78 is 0. The number of benzene rings is 1. The molecule has 1 rings (SSSR count). The number of likely N-dealkylation sites (N-methyl/N-ethyl adjacent to an activating group) is 1. The first-order chi connectivity index (χ1) is 8.47. The molecule has 0 spiro atoms. The van der Waals surface area contributed by atoms with Crippen LogP contribution in [-0.2, 0) is 4.79 Å². The zero-order valence-electron chi connectivity index (χ0n) is 10.5. The lowest BCUT2D eigenvalue weighted by atomic mass is 10.1. The van der Waals surface area contributed by atoms with E-state index < -0.39 is 11.0 Å². The summed E-state index contributed by atoms with van der Waals surface area (Å²) in [5, 5.41) is 10.5. The fourth-order valence-electron chi connectivity index (χ4n) is 1.61. The van der Waals surface area contributed by atoms with Crippen LogP contribution in [0.4, 0.5) is 11.4 Å². The van der Waals surface area contributed by atoms with E-state index in [1.54, 1.807) is 7.05 Å². The van der Waals surface area contributed by atoms with Crippen LogP contribution in [0.25, 0.3) is 0 Å². The summed E-state index contributed by atoms with van der Waals surface area (Å²) in [5.41, 5.74) is 6.34. The molecule has 98 valence electrons. The maximum Gasteiger partial charge on any atom is 0.269 e. The predicted molar refractivity (Wildman–Crippen MR) is 69.4 cm³/mol. The number of anilines is 1. The third-order valence-electron chi connectivity index (χ3n) is 2.70. The molecule has 0 radical (unpaired) electrons. The third kappa shape index (κ3) is 3.27. The van der Waals surface area contributed by atoms with Crippen molar-refractivity contribution in [3.05, 3.63) is 34.4 Å². The molecule has 6 heteroatoms. The molecule has 0 saturated heterocycles. The van der Waals surface area contributed by atoms with Crippen molar-refractivity contribution < 1.29 is 9.72 Å². The highest BCUT2D eigenvalue weighted by atomic mass is 16.6. The highest BCUT2D eigenvalue weighted by molar-refractivity contribution is 5.96. The van der Waals surface area contributed by atoms with Crippen molar-refractivity contribution >= 4 is 17.3 Å². The minimum Gasteiger partial charge on any atom is -0.320 e. The van der Waals surface area contributed by atoms with Gasteiger partial charge >= 0.3 is 0 Å². The minimum absolute atomic E-state index is 0.00236. The van der Waals surface area contributed by atoms with Gasteiger partial charge in [0, 0.05) is 24.9 Å². The fraction of sp³-hybridized carbons (Fsp3) is 0.417. The monoisotopic (exact) mass is 251 g/mol. The number of nitrogens with two attached hydrogens (primary N) is 1. The first-order valence-corrected chi connectivity index (χ1v) is 5.75. The van der Waals surface area contributed by atoms with E-state index >= 15 is 0 Å². The molecule has 0 heterocycles. The Labute approximate surface area is 106 Å². The first kappa shape index (κ1) is 14.1. The predicted octanol–water partition coefficient (Wildman–Crippen LogP) is 1.68. The standard InChI is InChI=1S/C12H17N3O3/c1-3-4-11(13)12(16)14(2)9-5-7-10(8-6-9)15(17)18/h5-8,11H,3-4,13H2,1-2H3/t11-/m0/s1. The average molecular weight is 251 g/mol. The molecule has 0 aromatic heterocycles. The molecular formula is C12H17N3O3. The van der Waals surface area contributed by atoms with Gasteiger partial charge in [0.1, 0.15) is 0 Å². The summed E-state index contributed by atoms with van der Waals surface area (Å²) in [4.78, 5) is 23.4. The quantitative estimate of drug-likeness (QED) is 0.637. The van der Waals surface area contributed by atoms with Crippen LogP contribution >= 0.6 is 0 Å². The van der Waals surface area contributed by atoms with Gasteiger partial charge in [-0.05, 0) is 18.6 Å². The molecule has 1 aromatic carbocycles. The molecule has 0 unspecified atom stereocenters. The SMILES string of the molecule is CCC[C@H](N)C(=O)N(C)c1ccc([N+](=O)[O-])cc1. The number of rotatable bonds is 5. The van der Waals surface area contributed by atoms with Crippen molar-refractivity contribution in [3.8, 4) is 0 Å². The molecule has 1 atom stereocenters. The van der Waals surface area contributed by atoms with Crippen molar-refractivity contribution in [1.82, 2.24) is 0 Å². The molecule has 1 aromatic rings. The number of nitrogens with zero attached hydrogens (tertiary/aromatic N) is 2. The Hall–Kier alpha value is -1.95. The van der Waals surface area contributed by atoms with Crippen molar-refractivity contribution in [2.45, 2.75) is 25.8 Å². The molecule has 0 fully saturated rings. The summed E-state index contributed by atoms with van der Waals surface area (Å²) >= 11 is 0. The minimum atomic E-state index is -0.532. The summed E-state index contributed by atoms with van der Waals surface area (Å²) in [5.74, 6) is -0.189. The number of nitro benzene ring substituents is 1. The Bertz CT molecular complexity index is 431. The summed E-state index contributed by atoms with van der Waals surface area (Å²) in [6.07, 6.45) is 1.46. The van der Waals surface area contributed by atoms with Gasteiger partial charge in [-0.15, -0.1) is 0 Å². The van der Waals surface area contributed by atoms with E-state index in [1.807, 2.05) is 6.92 Å². The van der Waals surface area contributed by atoms with Crippen LogP contribution in [0.3, 0.4) is 0 Å². The normalized spacial score (nSPS) is 11.9. The number of nitro groups is 1. The van der Waals surface area contributed by atoms with Gasteiger partial charge in [0.25, 0.3) is 5.69 Å². The molecule has 1 amide bonds. The Kier molecular flexibility index (Phi) is 4.79. The van der Waals surface area contributed by atoms with Crippen molar-refractivity contribution in [3.63, 3.8) is 0 Å². The average Bonchev–Trinajstić information content (AvgIpc) is 2.37. The lowest BCUT2D eigenvalue weighted by molar-refractivity contribution is -0.384. The van der Waals surface area contributed by atoms with Gasteiger partial charge in [0.2, 0.25) is 5.91 Å². The molecule has 0 aliphatic heterocycles. The Morgan fingerprint density at radius 1 is 1.44 bits per heavy atom. The van der Waals surface area contributed by atoms with Crippen molar-refractivity contribution in [2.24, 2.45) is 5.73 Å². The van der Waals surface area contributed by atoms with Crippen LogP contribution in [0.15, 0.2) is 24.3 Å². The van der Waals surface area contributed by atoms with E-state index in [0.717, 1.165) is 6.42 Å². The van der Waals surface area contributed by atoms with E-state index in [2.05, 4.69) is 0 Å². The number of non-ortho nitro benzene ring substituents is 1. The second-order valence-electron chi connectivity index (χ2n) is 4.07. The van der Waals surface area contributed by atoms with E-state index in [0.29, 0.717) is 12.1 Å². The van der Waals surface area contributed by atoms with Crippen LogP contribution < -0.4 is 10.6 Å². The molecule has 18 heavy (non-hydrogen) atoms. The molecule has 0 saturated carbocycles. The second-order valence-corrected chi connectivity index (χ2v) is 4.07. The van der Waals surface area contributed by atoms with Gasteiger partial charge in [-0.1, -0.05) is 13.3 Å². The summed E-state index contributed by atoms with van der Waals surface area (Å²) in [6, 6.07) is 5.27. The molecular weight excluding hydrogens is 234 g/mol. The topological polar surface area (TPSA) is 89.5 Å². The number of hydrogen-bond acceptors (Lipinski definition) is 4. The number of hydrogen-bond donors (Lipinski definition) is 1. The van der Waals surface area contributed by atoms with Crippen LogP contribution in [0.1, 0.15) is 19.8 Å². The van der Waals surface area contributed by atoms with Gasteiger partial charge in [0.05, 0.1) is 11.0 Å². The molecule has 6 nitrogen and oxygen atoms in total. The van der Waals surface area contributed by atoms with Gasteiger partial charge < -0.3 is 10.6 Å². The maximum atomic E-state index is 11.9.